The average molecular weight is 359 g/mol. The molecule has 138 valence electrons. The van der Waals surface area contributed by atoms with E-state index < -0.39 is 0 Å². The van der Waals surface area contributed by atoms with Gasteiger partial charge in [0.05, 0.1) is 12.6 Å². The Morgan fingerprint density at radius 3 is 2.52 bits per heavy atom. The first-order valence-electron chi connectivity index (χ1n) is 9.39. The van der Waals surface area contributed by atoms with Crippen molar-refractivity contribution in [2.75, 3.05) is 38.2 Å². The van der Waals surface area contributed by atoms with Gasteiger partial charge in [-0.1, -0.05) is 30.9 Å². The van der Waals surface area contributed by atoms with E-state index in [4.69, 9.17) is 4.74 Å². The van der Waals surface area contributed by atoms with E-state index in [0.29, 0.717) is 0 Å². The number of rotatable bonds is 5. The van der Waals surface area contributed by atoms with E-state index in [1.165, 1.54) is 16.6 Å². The number of ether oxygens (including phenoxy) is 1. The van der Waals surface area contributed by atoms with Crippen LogP contribution in [-0.4, -0.2) is 43.2 Å². The van der Waals surface area contributed by atoms with Gasteiger partial charge in [-0.05, 0) is 35.9 Å². The zero-order valence-corrected chi connectivity index (χ0v) is 15.8. The molecule has 1 aromatic heterocycles. The van der Waals surface area contributed by atoms with Crippen LogP contribution in [0.5, 0.6) is 5.75 Å². The van der Waals surface area contributed by atoms with Crippen molar-refractivity contribution in [1.82, 2.24) is 9.88 Å². The Bertz CT molecular complexity index is 928. The zero-order chi connectivity index (χ0) is 18.6. The van der Waals surface area contributed by atoms with Crippen LogP contribution in [-0.2, 0) is 6.54 Å². The molecule has 2 aromatic carbocycles. The number of benzene rings is 2. The van der Waals surface area contributed by atoms with Crippen molar-refractivity contribution in [3.8, 4) is 5.75 Å². The molecular formula is C23H25N3O. The van der Waals surface area contributed by atoms with Crippen LogP contribution in [0, 0.1) is 0 Å². The molecular weight excluding hydrogens is 334 g/mol. The van der Waals surface area contributed by atoms with Gasteiger partial charge in [-0.25, -0.2) is 0 Å². The summed E-state index contributed by atoms with van der Waals surface area (Å²) < 4.78 is 5.25. The summed E-state index contributed by atoms with van der Waals surface area (Å²) in [5.74, 6) is 0.904. The minimum absolute atomic E-state index is 0.904. The maximum Gasteiger partial charge on any atom is 0.119 e. The highest BCUT2D eigenvalue weighted by Gasteiger charge is 2.18. The summed E-state index contributed by atoms with van der Waals surface area (Å²) in [6, 6.07) is 16.9. The molecule has 4 nitrogen and oxygen atoms in total. The van der Waals surface area contributed by atoms with Crippen LogP contribution in [0.4, 0.5) is 5.69 Å². The Labute approximate surface area is 160 Å². The van der Waals surface area contributed by atoms with E-state index in [2.05, 4.69) is 51.7 Å². The Hall–Kier alpha value is -2.85. The van der Waals surface area contributed by atoms with Gasteiger partial charge in [-0.2, -0.15) is 0 Å². The lowest BCUT2D eigenvalue weighted by Gasteiger charge is -2.36. The van der Waals surface area contributed by atoms with Gasteiger partial charge >= 0.3 is 0 Å². The minimum atomic E-state index is 0.904. The van der Waals surface area contributed by atoms with Gasteiger partial charge in [0.15, 0.2) is 0 Å². The molecule has 0 spiro atoms. The highest BCUT2D eigenvalue weighted by molar-refractivity contribution is 5.89. The summed E-state index contributed by atoms with van der Waals surface area (Å²) in [5, 5.41) is 1.23. The molecule has 1 saturated heterocycles. The quantitative estimate of drug-likeness (QED) is 0.682. The van der Waals surface area contributed by atoms with Crippen molar-refractivity contribution in [1.29, 1.82) is 0 Å². The van der Waals surface area contributed by atoms with Crippen molar-refractivity contribution in [2.45, 2.75) is 6.54 Å². The van der Waals surface area contributed by atoms with Crippen molar-refractivity contribution in [3.63, 3.8) is 0 Å². The SMILES string of the molecule is C=Cc1ccc(CN2CCN(c3ccc(OC)cc3)CC2)c2cccnc12. The molecule has 0 saturated carbocycles. The first kappa shape index (κ1) is 17.6. The number of nitrogens with zero attached hydrogens (tertiary/aromatic N) is 3. The van der Waals surface area contributed by atoms with E-state index in [9.17, 15) is 0 Å². The number of aromatic nitrogens is 1. The molecule has 4 rings (SSSR count). The van der Waals surface area contributed by atoms with Crippen molar-refractivity contribution in [2.24, 2.45) is 0 Å². The van der Waals surface area contributed by atoms with Gasteiger partial charge in [-0.3, -0.25) is 9.88 Å². The lowest BCUT2D eigenvalue weighted by molar-refractivity contribution is 0.250. The minimum Gasteiger partial charge on any atom is -0.497 e. The van der Waals surface area contributed by atoms with Crippen LogP contribution < -0.4 is 9.64 Å². The van der Waals surface area contributed by atoms with Gasteiger partial charge in [0.25, 0.3) is 0 Å². The topological polar surface area (TPSA) is 28.6 Å². The molecule has 27 heavy (non-hydrogen) atoms. The van der Waals surface area contributed by atoms with Gasteiger partial charge in [0, 0.05) is 55.6 Å². The summed E-state index contributed by atoms with van der Waals surface area (Å²) in [6.07, 6.45) is 3.74. The average Bonchev–Trinajstić information content (AvgIpc) is 2.75. The van der Waals surface area contributed by atoms with Crippen molar-refractivity contribution < 1.29 is 4.74 Å². The number of fused-ring (bicyclic) bond motifs is 1. The van der Waals surface area contributed by atoms with Crippen LogP contribution in [0.1, 0.15) is 11.1 Å². The van der Waals surface area contributed by atoms with E-state index in [1.54, 1.807) is 7.11 Å². The summed E-state index contributed by atoms with van der Waals surface area (Å²) in [5.41, 5.74) is 4.74. The summed E-state index contributed by atoms with van der Waals surface area (Å²) in [6.45, 7) is 9.04. The zero-order valence-electron chi connectivity index (χ0n) is 15.8. The predicted octanol–water partition coefficient (Wildman–Crippen LogP) is 4.21. The Morgan fingerprint density at radius 1 is 1.04 bits per heavy atom. The molecule has 0 atom stereocenters. The van der Waals surface area contributed by atoms with Gasteiger partial charge < -0.3 is 9.64 Å². The second kappa shape index (κ2) is 7.80. The number of piperazine rings is 1. The molecule has 0 radical (unpaired) electrons. The fourth-order valence-corrected chi connectivity index (χ4v) is 3.75. The second-order valence-corrected chi connectivity index (χ2v) is 6.88. The van der Waals surface area contributed by atoms with Gasteiger partial charge in [0.2, 0.25) is 0 Å². The van der Waals surface area contributed by atoms with Gasteiger partial charge in [0.1, 0.15) is 5.75 Å². The monoisotopic (exact) mass is 359 g/mol. The fraction of sp³-hybridized carbons (Fsp3) is 0.261. The first-order chi connectivity index (χ1) is 13.3. The Morgan fingerprint density at radius 2 is 1.81 bits per heavy atom. The second-order valence-electron chi connectivity index (χ2n) is 6.88. The maximum absolute atomic E-state index is 5.25. The third-order valence-corrected chi connectivity index (χ3v) is 5.31. The van der Waals surface area contributed by atoms with E-state index >= 15 is 0 Å². The van der Waals surface area contributed by atoms with E-state index in [0.717, 1.165) is 49.6 Å². The Kier molecular flexibility index (Phi) is 5.07. The van der Waals surface area contributed by atoms with Crippen LogP contribution in [0.2, 0.25) is 0 Å². The molecule has 3 aromatic rings. The van der Waals surface area contributed by atoms with E-state index in [1.807, 2.05) is 30.5 Å². The molecule has 1 aliphatic rings. The number of hydrogen-bond acceptors (Lipinski definition) is 4. The van der Waals surface area contributed by atoms with Crippen LogP contribution in [0.15, 0.2) is 61.3 Å². The molecule has 1 aliphatic heterocycles. The molecule has 0 amide bonds. The third-order valence-electron chi connectivity index (χ3n) is 5.31. The lowest BCUT2D eigenvalue weighted by atomic mass is 10.0. The molecule has 0 unspecified atom stereocenters. The van der Waals surface area contributed by atoms with Crippen LogP contribution >= 0.6 is 0 Å². The number of methoxy groups -OCH3 is 1. The van der Waals surface area contributed by atoms with E-state index in [-0.39, 0.29) is 0 Å². The number of hydrogen-bond donors (Lipinski definition) is 0. The Balaban J connectivity index is 1.45. The normalized spacial score (nSPS) is 15.1. The lowest BCUT2D eigenvalue weighted by Crippen LogP contribution is -2.45. The maximum atomic E-state index is 5.25. The highest BCUT2D eigenvalue weighted by atomic mass is 16.5. The standard InChI is InChI=1S/C23H25N3O/c1-3-18-6-7-19(22-5-4-12-24-23(18)22)17-25-13-15-26(16-14-25)20-8-10-21(27-2)11-9-20/h3-12H,1,13-17H2,2H3. The third kappa shape index (κ3) is 3.67. The van der Waals surface area contributed by atoms with Crippen molar-refractivity contribution in [3.05, 3.63) is 72.4 Å². The predicted molar refractivity (Wildman–Crippen MR) is 112 cm³/mol. The number of anilines is 1. The largest absolute Gasteiger partial charge is 0.497 e. The molecule has 4 heteroatoms. The fourth-order valence-electron chi connectivity index (χ4n) is 3.75. The molecule has 0 N–H and O–H groups in total. The molecule has 1 fully saturated rings. The van der Waals surface area contributed by atoms with Crippen LogP contribution in [0.3, 0.4) is 0 Å². The first-order valence-corrected chi connectivity index (χ1v) is 9.39. The highest BCUT2D eigenvalue weighted by Crippen LogP contribution is 2.25. The molecule has 0 aliphatic carbocycles. The molecule has 2 heterocycles. The molecule has 0 bridgehead atoms. The van der Waals surface area contributed by atoms with Crippen LogP contribution in [0.25, 0.3) is 17.0 Å². The summed E-state index contributed by atoms with van der Waals surface area (Å²) in [7, 11) is 1.70. The summed E-state index contributed by atoms with van der Waals surface area (Å²) in [4.78, 5) is 9.53. The number of pyridine rings is 1. The smallest absolute Gasteiger partial charge is 0.119 e. The van der Waals surface area contributed by atoms with Crippen molar-refractivity contribution >= 4 is 22.7 Å². The summed E-state index contributed by atoms with van der Waals surface area (Å²) >= 11 is 0. The van der Waals surface area contributed by atoms with Gasteiger partial charge in [-0.15, -0.1) is 0 Å².